The minimum Gasteiger partial charge on any atom is -0.488 e. The van der Waals surface area contributed by atoms with Crippen LogP contribution in [-0.2, 0) is 25.8 Å². The largest absolute Gasteiger partial charge is 0.488 e. The molecule has 18 heteroatoms. The van der Waals surface area contributed by atoms with Crippen LogP contribution in [0.25, 0.3) is 0 Å². The number of carbonyl (C=O) groups is 3. The quantitative estimate of drug-likeness (QED) is 0.0800. The lowest BCUT2D eigenvalue weighted by atomic mass is 10.0. The van der Waals surface area contributed by atoms with E-state index in [4.69, 9.17) is 10.6 Å². The number of anilines is 1. The van der Waals surface area contributed by atoms with Gasteiger partial charge < -0.3 is 26.1 Å². The van der Waals surface area contributed by atoms with E-state index in [9.17, 15) is 29.4 Å². The average molecular weight is 625 g/mol. The normalized spacial score (nSPS) is 18.6. The van der Waals surface area contributed by atoms with E-state index in [1.165, 1.54) is 16.3 Å². The second-order valence-electron chi connectivity index (χ2n) is 8.87. The van der Waals surface area contributed by atoms with E-state index in [1.807, 2.05) is 13.8 Å². The summed E-state index contributed by atoms with van der Waals surface area (Å²) >= 11 is 3.50. The summed E-state index contributed by atoms with van der Waals surface area (Å²) in [5.41, 5.74) is 5.33. The van der Waals surface area contributed by atoms with Gasteiger partial charge in [-0.05, 0) is 18.4 Å². The summed E-state index contributed by atoms with van der Waals surface area (Å²) < 4.78 is 1.30. The number of carboxylic acid groups (broad SMARTS) is 1. The summed E-state index contributed by atoms with van der Waals surface area (Å²) in [6, 6.07) is -0.995. The number of amides is 2. The number of thiazole rings is 1. The number of nitrogens with two attached hydrogens (primary N) is 1. The third-order valence-electron chi connectivity index (χ3n) is 5.98. The highest BCUT2D eigenvalue weighted by molar-refractivity contribution is 8.01. The number of hydrogen-bond acceptors (Lipinski definition) is 14. The number of aromatic nitrogens is 4. The standard InChI is InChI=1S/C23H28N8O7S3/c1-3-5-6-30-19(35)17(33)27-28-23(30)41-9-11-8-39-20-14(18(34)31(20)15(11)21(36)37)26-16(32)13(29-38-7-4-2)12-10-40-22(24)25-12/h10,14,20H,3-9H2,1-2H3,(H2,24,25)(H,26,32)(H,27,33)(H,36,37)/b29-13-/t14?,20-/m1/s1. The molecule has 5 N–H and O–H groups in total. The minimum atomic E-state index is -1.29. The van der Waals surface area contributed by atoms with Crippen molar-refractivity contribution in [3.05, 3.63) is 32.7 Å². The number of hydrogen-bond donors (Lipinski definition) is 4. The monoisotopic (exact) mass is 624 g/mol. The Labute approximate surface area is 246 Å². The zero-order valence-electron chi connectivity index (χ0n) is 22.1. The SMILES string of the molecule is CCCCn1c(SCC2=C(C(=O)O)N3C(=O)C(NC(=O)/C(=N\OCCC)c4csc(N)n4)[C@H]3SC2)nnc(O)c1=O. The topological polar surface area (TPSA) is 215 Å². The molecule has 15 nitrogen and oxygen atoms in total. The predicted octanol–water partition coefficient (Wildman–Crippen LogP) is 0.844. The van der Waals surface area contributed by atoms with Gasteiger partial charge in [0.25, 0.3) is 17.7 Å². The fourth-order valence-corrected chi connectivity index (χ4v) is 6.97. The highest BCUT2D eigenvalue weighted by Gasteiger charge is 2.54. The number of unbranched alkanes of at least 4 members (excludes halogenated alkanes) is 1. The van der Waals surface area contributed by atoms with E-state index in [0.717, 1.165) is 34.4 Å². The number of nitrogen functional groups attached to an aromatic ring is 1. The molecule has 2 aromatic rings. The average Bonchev–Trinajstić information content (AvgIpc) is 3.38. The molecule has 0 spiro atoms. The molecule has 4 rings (SSSR count). The van der Waals surface area contributed by atoms with Gasteiger partial charge in [-0.3, -0.25) is 23.9 Å². The van der Waals surface area contributed by atoms with Gasteiger partial charge in [-0.1, -0.05) is 37.2 Å². The lowest BCUT2D eigenvalue weighted by Crippen LogP contribution is -2.71. The van der Waals surface area contributed by atoms with Crippen LogP contribution < -0.4 is 16.6 Å². The van der Waals surface area contributed by atoms with Crippen LogP contribution in [0, 0.1) is 0 Å². The molecule has 1 unspecified atom stereocenters. The molecular formula is C23H28N8O7S3. The summed E-state index contributed by atoms with van der Waals surface area (Å²) in [5, 5.41) is 35.0. The number of oxime groups is 1. The first kappa shape index (κ1) is 30.3. The molecule has 0 bridgehead atoms. The van der Waals surface area contributed by atoms with Gasteiger partial charge in [0.2, 0.25) is 0 Å². The maximum Gasteiger partial charge on any atom is 0.352 e. The molecule has 0 radical (unpaired) electrons. The Morgan fingerprint density at radius 3 is 2.73 bits per heavy atom. The third kappa shape index (κ3) is 6.48. The molecule has 220 valence electrons. The number of nitrogens with zero attached hydrogens (tertiary/aromatic N) is 6. The number of aliphatic carboxylic acids is 1. The summed E-state index contributed by atoms with van der Waals surface area (Å²) in [7, 11) is 0. The van der Waals surface area contributed by atoms with Crippen molar-refractivity contribution in [3.63, 3.8) is 0 Å². The number of thioether (sulfide) groups is 2. The van der Waals surface area contributed by atoms with Crippen molar-refractivity contribution in [1.29, 1.82) is 0 Å². The van der Waals surface area contributed by atoms with Crippen LogP contribution in [-0.4, -0.2) is 87.9 Å². The van der Waals surface area contributed by atoms with Gasteiger partial charge in [-0.25, -0.2) is 9.78 Å². The molecule has 1 fully saturated rings. The molecular weight excluding hydrogens is 597 g/mol. The first-order chi connectivity index (χ1) is 19.7. The molecule has 2 aromatic heterocycles. The lowest BCUT2D eigenvalue weighted by Gasteiger charge is -2.49. The Bertz CT molecular complexity index is 1460. The molecule has 2 atom stereocenters. The van der Waals surface area contributed by atoms with Gasteiger partial charge in [0.15, 0.2) is 16.0 Å². The smallest absolute Gasteiger partial charge is 0.352 e. The molecule has 0 saturated carbocycles. The fourth-order valence-electron chi connectivity index (χ4n) is 3.97. The van der Waals surface area contributed by atoms with Gasteiger partial charge >= 0.3 is 11.5 Å². The van der Waals surface area contributed by atoms with Crippen molar-refractivity contribution in [1.82, 2.24) is 30.0 Å². The van der Waals surface area contributed by atoms with E-state index in [-0.39, 0.29) is 45.5 Å². The number of carboxylic acids is 1. The Morgan fingerprint density at radius 1 is 1.29 bits per heavy atom. The maximum atomic E-state index is 13.1. The first-order valence-electron chi connectivity index (χ1n) is 12.6. The Kier molecular flexibility index (Phi) is 9.87. The summed E-state index contributed by atoms with van der Waals surface area (Å²) in [5.74, 6) is -2.94. The van der Waals surface area contributed by atoms with Crippen LogP contribution in [0.3, 0.4) is 0 Å². The zero-order valence-corrected chi connectivity index (χ0v) is 24.6. The van der Waals surface area contributed by atoms with Crippen molar-refractivity contribution in [3.8, 4) is 5.88 Å². The predicted molar refractivity (Wildman–Crippen MR) is 153 cm³/mol. The molecule has 2 amide bonds. The van der Waals surface area contributed by atoms with Crippen molar-refractivity contribution in [2.45, 2.75) is 56.2 Å². The van der Waals surface area contributed by atoms with Gasteiger partial charge in [0.1, 0.15) is 29.4 Å². The van der Waals surface area contributed by atoms with Crippen LogP contribution in [0.4, 0.5) is 5.13 Å². The van der Waals surface area contributed by atoms with Crippen molar-refractivity contribution < 1.29 is 29.4 Å². The molecule has 41 heavy (non-hydrogen) atoms. The van der Waals surface area contributed by atoms with Gasteiger partial charge in [0, 0.05) is 23.4 Å². The second kappa shape index (κ2) is 13.3. The summed E-state index contributed by atoms with van der Waals surface area (Å²) in [4.78, 5) is 61.3. The van der Waals surface area contributed by atoms with Gasteiger partial charge in [-0.2, -0.15) is 0 Å². The Hall–Kier alpha value is -3.64. The molecule has 4 heterocycles. The first-order valence-corrected chi connectivity index (χ1v) is 15.5. The molecule has 2 aliphatic rings. The number of aromatic hydroxyl groups is 1. The van der Waals surface area contributed by atoms with Crippen molar-refractivity contribution in [2.75, 3.05) is 23.8 Å². The van der Waals surface area contributed by atoms with E-state index >= 15 is 0 Å². The van der Waals surface area contributed by atoms with Crippen LogP contribution in [0.2, 0.25) is 0 Å². The molecule has 0 aliphatic carbocycles. The zero-order chi connectivity index (χ0) is 29.7. The van der Waals surface area contributed by atoms with Crippen LogP contribution >= 0.6 is 34.9 Å². The molecule has 2 aliphatic heterocycles. The highest BCUT2D eigenvalue weighted by Crippen LogP contribution is 2.41. The van der Waals surface area contributed by atoms with E-state index in [1.54, 1.807) is 5.38 Å². The van der Waals surface area contributed by atoms with E-state index in [0.29, 0.717) is 25.0 Å². The molecule has 0 aromatic carbocycles. The number of rotatable bonds is 13. The number of carbonyl (C=O) groups excluding carboxylic acids is 2. The van der Waals surface area contributed by atoms with E-state index in [2.05, 4.69) is 25.7 Å². The highest BCUT2D eigenvalue weighted by atomic mass is 32.2. The van der Waals surface area contributed by atoms with Crippen LogP contribution in [0.1, 0.15) is 38.8 Å². The lowest BCUT2D eigenvalue weighted by molar-refractivity contribution is -0.150. The summed E-state index contributed by atoms with van der Waals surface area (Å²) in [6.07, 6.45) is 2.13. The second-order valence-corrected chi connectivity index (χ2v) is 11.8. The molecule has 1 saturated heterocycles. The Morgan fingerprint density at radius 2 is 2.07 bits per heavy atom. The van der Waals surface area contributed by atoms with Gasteiger partial charge in [0.05, 0.1) is 0 Å². The van der Waals surface area contributed by atoms with Crippen molar-refractivity contribution >= 4 is 63.5 Å². The summed E-state index contributed by atoms with van der Waals surface area (Å²) in [6.45, 7) is 4.41. The minimum absolute atomic E-state index is 0.115. The Balaban J connectivity index is 1.51. The number of fused-ring (bicyclic) bond motifs is 1. The fraction of sp³-hybridized carbons (Fsp3) is 0.478. The van der Waals surface area contributed by atoms with Gasteiger partial charge in [-0.15, -0.1) is 33.3 Å². The number of nitrogens with one attached hydrogen (secondary N) is 1. The van der Waals surface area contributed by atoms with E-state index < -0.39 is 40.6 Å². The maximum absolute atomic E-state index is 13.1. The third-order valence-corrected chi connectivity index (χ3v) is 9.04. The van der Waals surface area contributed by atoms with Crippen LogP contribution in [0.15, 0.2) is 31.8 Å². The van der Waals surface area contributed by atoms with Crippen LogP contribution in [0.5, 0.6) is 5.88 Å². The number of β-lactam (4-membered cyclic amide) rings is 1. The van der Waals surface area contributed by atoms with Crippen molar-refractivity contribution in [2.24, 2.45) is 5.16 Å².